The van der Waals surface area contributed by atoms with Crippen molar-refractivity contribution in [3.8, 4) is 5.75 Å². The first kappa shape index (κ1) is 12.1. The molecular weight excluding hydrogens is 223 g/mol. The third kappa shape index (κ3) is 3.08. The molecule has 2 rings (SSSR count). The molecule has 1 fully saturated rings. The fraction of sp³-hybridized carbons (Fsp3) is 0.500. The Kier molecular flexibility index (Phi) is 3.81. The molecule has 1 saturated heterocycles. The zero-order valence-electron chi connectivity index (χ0n) is 9.86. The van der Waals surface area contributed by atoms with E-state index in [0.29, 0.717) is 18.9 Å². The van der Waals surface area contributed by atoms with Gasteiger partial charge in [-0.3, -0.25) is 0 Å². The third-order valence-electron chi connectivity index (χ3n) is 2.75. The summed E-state index contributed by atoms with van der Waals surface area (Å²) >= 11 is 0. The Bertz CT molecular complexity index is 367. The number of ether oxygens (including phenoxy) is 2. The van der Waals surface area contributed by atoms with Gasteiger partial charge in [0, 0.05) is 13.1 Å². The van der Waals surface area contributed by atoms with Crippen LogP contribution < -0.4 is 10.5 Å². The van der Waals surface area contributed by atoms with Crippen molar-refractivity contribution in [2.24, 2.45) is 0 Å². The number of nitrogens with zero attached hydrogens (tertiary/aromatic N) is 1. The summed E-state index contributed by atoms with van der Waals surface area (Å²) in [4.78, 5) is 2.15. The Morgan fingerprint density at radius 2 is 2.41 bits per heavy atom. The van der Waals surface area contributed by atoms with Crippen molar-refractivity contribution in [2.75, 3.05) is 39.1 Å². The highest BCUT2D eigenvalue weighted by Gasteiger charge is 2.19. The number of hydrogen-bond donors (Lipinski definition) is 1. The fourth-order valence-corrected chi connectivity index (χ4v) is 1.82. The Balaban J connectivity index is 1.93. The van der Waals surface area contributed by atoms with Crippen molar-refractivity contribution in [2.45, 2.75) is 6.10 Å². The van der Waals surface area contributed by atoms with Gasteiger partial charge in [0.1, 0.15) is 12.7 Å². The van der Waals surface area contributed by atoms with E-state index in [1.807, 2.05) is 7.05 Å². The van der Waals surface area contributed by atoms with Gasteiger partial charge >= 0.3 is 0 Å². The molecule has 1 aromatic rings. The number of nitrogen functional groups attached to an aromatic ring is 1. The topological polar surface area (TPSA) is 47.7 Å². The molecule has 1 heterocycles. The van der Waals surface area contributed by atoms with Gasteiger partial charge in [-0.05, 0) is 19.2 Å². The number of likely N-dealkylation sites (N-methyl/N-ethyl adjacent to an activating group) is 1. The van der Waals surface area contributed by atoms with Crippen LogP contribution in [0.4, 0.5) is 10.1 Å². The smallest absolute Gasteiger partial charge is 0.177 e. The van der Waals surface area contributed by atoms with Gasteiger partial charge in [0.15, 0.2) is 11.6 Å². The molecule has 0 saturated carbocycles. The SMILES string of the molecule is CN1CCOC(COc2c(N)cccc2F)C1. The number of halogens is 1. The summed E-state index contributed by atoms with van der Waals surface area (Å²) in [5.41, 5.74) is 5.96. The van der Waals surface area contributed by atoms with Crippen molar-refractivity contribution >= 4 is 5.69 Å². The maximum absolute atomic E-state index is 13.4. The van der Waals surface area contributed by atoms with Gasteiger partial charge in [0.2, 0.25) is 0 Å². The average molecular weight is 240 g/mol. The van der Waals surface area contributed by atoms with Gasteiger partial charge in [-0.1, -0.05) is 6.07 Å². The molecule has 0 aromatic heterocycles. The van der Waals surface area contributed by atoms with E-state index < -0.39 is 5.82 Å². The third-order valence-corrected chi connectivity index (χ3v) is 2.75. The Labute approximate surface area is 100 Å². The molecule has 1 aliphatic heterocycles. The molecule has 0 bridgehead atoms. The highest BCUT2D eigenvalue weighted by atomic mass is 19.1. The molecule has 0 spiro atoms. The lowest BCUT2D eigenvalue weighted by Crippen LogP contribution is -2.42. The van der Waals surface area contributed by atoms with Crippen LogP contribution in [0.5, 0.6) is 5.75 Å². The zero-order valence-corrected chi connectivity index (χ0v) is 9.86. The van der Waals surface area contributed by atoms with Crippen molar-refractivity contribution in [1.29, 1.82) is 0 Å². The van der Waals surface area contributed by atoms with Crippen LogP contribution in [0.2, 0.25) is 0 Å². The summed E-state index contributed by atoms with van der Waals surface area (Å²) in [6, 6.07) is 4.51. The summed E-state index contributed by atoms with van der Waals surface area (Å²) in [6.45, 7) is 2.69. The predicted molar refractivity (Wildman–Crippen MR) is 63.5 cm³/mol. The summed E-state index contributed by atoms with van der Waals surface area (Å²) in [5, 5.41) is 0. The molecule has 1 atom stereocenters. The summed E-state index contributed by atoms with van der Waals surface area (Å²) < 4.78 is 24.3. The molecule has 0 radical (unpaired) electrons. The van der Waals surface area contributed by atoms with E-state index in [1.165, 1.54) is 6.07 Å². The van der Waals surface area contributed by atoms with Gasteiger partial charge in [0.05, 0.1) is 12.3 Å². The Morgan fingerprint density at radius 3 is 3.12 bits per heavy atom. The van der Waals surface area contributed by atoms with E-state index >= 15 is 0 Å². The largest absolute Gasteiger partial charge is 0.486 e. The molecule has 94 valence electrons. The lowest BCUT2D eigenvalue weighted by Gasteiger charge is -2.29. The second kappa shape index (κ2) is 5.33. The highest BCUT2D eigenvalue weighted by molar-refractivity contribution is 5.52. The van der Waals surface area contributed by atoms with E-state index in [2.05, 4.69) is 4.90 Å². The van der Waals surface area contributed by atoms with Crippen molar-refractivity contribution in [3.05, 3.63) is 24.0 Å². The molecule has 1 aromatic carbocycles. The van der Waals surface area contributed by atoms with Crippen LogP contribution in [-0.2, 0) is 4.74 Å². The molecule has 0 amide bonds. The van der Waals surface area contributed by atoms with E-state index in [0.717, 1.165) is 13.1 Å². The number of benzene rings is 1. The highest BCUT2D eigenvalue weighted by Crippen LogP contribution is 2.25. The first-order valence-corrected chi connectivity index (χ1v) is 5.64. The zero-order chi connectivity index (χ0) is 12.3. The maximum Gasteiger partial charge on any atom is 0.177 e. The van der Waals surface area contributed by atoms with Crippen LogP contribution in [0.1, 0.15) is 0 Å². The van der Waals surface area contributed by atoms with Crippen molar-refractivity contribution in [1.82, 2.24) is 4.90 Å². The number of nitrogens with two attached hydrogens (primary N) is 1. The van der Waals surface area contributed by atoms with Crippen LogP contribution in [0.3, 0.4) is 0 Å². The number of para-hydroxylation sites is 1. The Morgan fingerprint density at radius 1 is 1.59 bits per heavy atom. The van der Waals surface area contributed by atoms with Gasteiger partial charge in [-0.25, -0.2) is 4.39 Å². The fourth-order valence-electron chi connectivity index (χ4n) is 1.82. The van der Waals surface area contributed by atoms with E-state index in [1.54, 1.807) is 12.1 Å². The quantitative estimate of drug-likeness (QED) is 0.804. The summed E-state index contributed by atoms with van der Waals surface area (Å²) in [7, 11) is 2.02. The molecule has 17 heavy (non-hydrogen) atoms. The maximum atomic E-state index is 13.4. The van der Waals surface area contributed by atoms with Gasteiger partial charge in [0.25, 0.3) is 0 Å². The average Bonchev–Trinajstić information content (AvgIpc) is 2.28. The molecular formula is C12H17FN2O2. The van der Waals surface area contributed by atoms with Crippen LogP contribution >= 0.6 is 0 Å². The van der Waals surface area contributed by atoms with Crippen LogP contribution in [0.15, 0.2) is 18.2 Å². The van der Waals surface area contributed by atoms with Gasteiger partial charge in [-0.15, -0.1) is 0 Å². The van der Waals surface area contributed by atoms with Crippen LogP contribution in [0, 0.1) is 5.82 Å². The molecule has 2 N–H and O–H groups in total. The number of anilines is 1. The predicted octanol–water partition coefficient (Wildman–Crippen LogP) is 1.12. The molecule has 4 nitrogen and oxygen atoms in total. The van der Waals surface area contributed by atoms with E-state index in [-0.39, 0.29) is 11.9 Å². The van der Waals surface area contributed by atoms with Crippen molar-refractivity contribution in [3.63, 3.8) is 0 Å². The van der Waals surface area contributed by atoms with E-state index in [9.17, 15) is 4.39 Å². The van der Waals surface area contributed by atoms with E-state index in [4.69, 9.17) is 15.2 Å². The summed E-state index contributed by atoms with van der Waals surface area (Å²) in [5.74, 6) is -0.321. The number of hydrogen-bond acceptors (Lipinski definition) is 4. The van der Waals surface area contributed by atoms with Crippen molar-refractivity contribution < 1.29 is 13.9 Å². The van der Waals surface area contributed by atoms with Crippen LogP contribution in [0.25, 0.3) is 0 Å². The monoisotopic (exact) mass is 240 g/mol. The lowest BCUT2D eigenvalue weighted by molar-refractivity contribution is -0.0407. The number of morpholine rings is 1. The molecule has 5 heteroatoms. The molecule has 0 aliphatic carbocycles. The standard InChI is InChI=1S/C12H17FN2O2/c1-15-5-6-16-9(7-15)8-17-12-10(13)3-2-4-11(12)14/h2-4,9H,5-8,14H2,1H3. The second-order valence-corrected chi connectivity index (χ2v) is 4.22. The first-order valence-electron chi connectivity index (χ1n) is 5.64. The molecule has 1 aliphatic rings. The normalized spacial score (nSPS) is 21.4. The minimum absolute atomic E-state index is 0.0345. The minimum atomic E-state index is -0.436. The summed E-state index contributed by atoms with van der Waals surface area (Å²) in [6.07, 6.45) is -0.0345. The Hall–Kier alpha value is -1.33. The molecule has 1 unspecified atom stereocenters. The van der Waals surface area contributed by atoms with Gasteiger partial charge in [-0.2, -0.15) is 0 Å². The second-order valence-electron chi connectivity index (χ2n) is 4.22. The van der Waals surface area contributed by atoms with Gasteiger partial charge < -0.3 is 20.1 Å². The number of rotatable bonds is 3. The first-order chi connectivity index (χ1) is 8.16. The van der Waals surface area contributed by atoms with Crippen LogP contribution in [-0.4, -0.2) is 44.4 Å². The lowest BCUT2D eigenvalue weighted by atomic mass is 10.2. The minimum Gasteiger partial charge on any atom is -0.486 e.